The highest BCUT2D eigenvalue weighted by molar-refractivity contribution is 7.92. The van der Waals surface area contributed by atoms with E-state index in [0.717, 1.165) is 67.8 Å². The van der Waals surface area contributed by atoms with Crippen LogP contribution in [0.15, 0.2) is 30.5 Å². The molecule has 2 aliphatic heterocycles. The number of carbonyl (C=O) groups excluding carboxylic acids is 1. The molecule has 3 aromatic rings. The van der Waals surface area contributed by atoms with E-state index in [0.29, 0.717) is 17.5 Å². The molecule has 36 heavy (non-hydrogen) atoms. The number of halogens is 1. The summed E-state index contributed by atoms with van der Waals surface area (Å²) < 4.78 is 28.1. The largest absolute Gasteiger partial charge is 0.355 e. The summed E-state index contributed by atoms with van der Waals surface area (Å²) in [5.41, 5.74) is 3.04. The Morgan fingerprint density at radius 2 is 1.97 bits per heavy atom. The van der Waals surface area contributed by atoms with Crippen molar-refractivity contribution >= 4 is 44.7 Å². The minimum Gasteiger partial charge on any atom is -0.355 e. The lowest BCUT2D eigenvalue weighted by molar-refractivity contribution is 0.0608. The van der Waals surface area contributed by atoms with Gasteiger partial charge < -0.3 is 9.80 Å². The number of benzene rings is 1. The van der Waals surface area contributed by atoms with Crippen LogP contribution in [0.5, 0.6) is 0 Å². The molecular formula is C25H31ClN6O3S. The first kappa shape index (κ1) is 24.8. The van der Waals surface area contributed by atoms with E-state index in [1.807, 2.05) is 17.6 Å². The molecule has 2 atom stereocenters. The van der Waals surface area contributed by atoms with Gasteiger partial charge in [0.05, 0.1) is 35.4 Å². The molecule has 0 spiro atoms. The molecule has 9 nitrogen and oxygen atoms in total. The second-order valence-corrected chi connectivity index (χ2v) is 12.2. The van der Waals surface area contributed by atoms with Gasteiger partial charge >= 0.3 is 0 Å². The summed E-state index contributed by atoms with van der Waals surface area (Å²) in [5.74, 6) is 1.32. The first-order valence-electron chi connectivity index (χ1n) is 12.3. The molecular weight excluding hydrogens is 500 g/mol. The number of aryl methyl sites for hydroxylation is 1. The molecule has 11 heteroatoms. The second-order valence-electron chi connectivity index (χ2n) is 10.0. The molecule has 0 radical (unpaired) electrons. The van der Waals surface area contributed by atoms with Crippen molar-refractivity contribution in [2.75, 3.05) is 35.5 Å². The van der Waals surface area contributed by atoms with E-state index in [-0.39, 0.29) is 23.2 Å². The number of rotatable bonds is 5. The van der Waals surface area contributed by atoms with Crippen LogP contribution in [0.1, 0.15) is 60.3 Å². The predicted octanol–water partition coefficient (Wildman–Crippen LogP) is 4.28. The average Bonchev–Trinajstić information content (AvgIpc) is 3.45. The van der Waals surface area contributed by atoms with Gasteiger partial charge in [0.1, 0.15) is 5.82 Å². The first-order valence-corrected chi connectivity index (χ1v) is 14.6. The molecule has 0 saturated carbocycles. The lowest BCUT2D eigenvalue weighted by Crippen LogP contribution is -2.39. The summed E-state index contributed by atoms with van der Waals surface area (Å²) in [4.78, 5) is 22.7. The smallest absolute Gasteiger partial charge is 0.256 e. The van der Waals surface area contributed by atoms with Crippen molar-refractivity contribution in [2.45, 2.75) is 45.6 Å². The molecule has 192 valence electrons. The topological polar surface area (TPSA) is 99.9 Å². The van der Waals surface area contributed by atoms with Crippen molar-refractivity contribution in [3.8, 4) is 0 Å². The van der Waals surface area contributed by atoms with Crippen LogP contribution in [0, 0.1) is 12.8 Å². The van der Waals surface area contributed by atoms with E-state index in [4.69, 9.17) is 21.7 Å². The van der Waals surface area contributed by atoms with Gasteiger partial charge in [-0.25, -0.2) is 17.9 Å². The predicted molar refractivity (Wildman–Crippen MR) is 141 cm³/mol. The van der Waals surface area contributed by atoms with E-state index in [2.05, 4.69) is 22.6 Å². The number of anilines is 2. The maximum Gasteiger partial charge on any atom is 0.256 e. The maximum absolute atomic E-state index is 13.8. The van der Waals surface area contributed by atoms with Gasteiger partial charge in [-0.1, -0.05) is 18.5 Å². The lowest BCUT2D eigenvalue weighted by Gasteiger charge is -2.35. The van der Waals surface area contributed by atoms with Crippen molar-refractivity contribution in [3.05, 3.63) is 52.3 Å². The second kappa shape index (κ2) is 9.55. The molecule has 2 aliphatic rings. The highest BCUT2D eigenvalue weighted by Gasteiger charge is 2.32. The number of sulfonamides is 1. The van der Waals surface area contributed by atoms with Gasteiger partial charge in [0.15, 0.2) is 5.65 Å². The Morgan fingerprint density at radius 3 is 2.69 bits per heavy atom. The van der Waals surface area contributed by atoms with Crippen LogP contribution in [-0.2, 0) is 10.0 Å². The Labute approximate surface area is 216 Å². The van der Waals surface area contributed by atoms with E-state index in [1.54, 1.807) is 11.0 Å². The molecule has 0 aliphatic carbocycles. The third kappa shape index (κ3) is 5.01. The zero-order valence-electron chi connectivity index (χ0n) is 20.7. The summed E-state index contributed by atoms with van der Waals surface area (Å²) in [6.45, 7) is 6.83. The number of nitrogens with one attached hydrogen (secondary N) is 1. The minimum absolute atomic E-state index is 0.216. The fourth-order valence-electron chi connectivity index (χ4n) is 5.21. The van der Waals surface area contributed by atoms with Crippen LogP contribution in [0.3, 0.4) is 0 Å². The molecule has 1 aromatic carbocycles. The highest BCUT2D eigenvalue weighted by atomic mass is 35.5. The van der Waals surface area contributed by atoms with Crippen LogP contribution >= 0.6 is 11.6 Å². The van der Waals surface area contributed by atoms with Crippen molar-refractivity contribution in [1.82, 2.24) is 19.5 Å². The fourth-order valence-corrected chi connectivity index (χ4v) is 5.96. The number of likely N-dealkylation sites (tertiary alicyclic amines) is 1. The number of amides is 1. The summed E-state index contributed by atoms with van der Waals surface area (Å²) >= 11 is 6.20. The number of nitrogens with zero attached hydrogens (tertiary/aromatic N) is 5. The molecule has 1 N–H and O–H groups in total. The van der Waals surface area contributed by atoms with Crippen molar-refractivity contribution < 1.29 is 13.2 Å². The van der Waals surface area contributed by atoms with Crippen molar-refractivity contribution in [2.24, 2.45) is 5.92 Å². The number of fused-ring (bicyclic) bond motifs is 1. The zero-order chi connectivity index (χ0) is 25.6. The Kier molecular flexibility index (Phi) is 6.59. The Balaban J connectivity index is 1.49. The van der Waals surface area contributed by atoms with Crippen molar-refractivity contribution in [3.63, 3.8) is 0 Å². The van der Waals surface area contributed by atoms with Crippen LogP contribution in [-0.4, -0.2) is 59.7 Å². The van der Waals surface area contributed by atoms with Gasteiger partial charge in [-0.05, 0) is 68.4 Å². The lowest BCUT2D eigenvalue weighted by atomic mass is 9.98. The summed E-state index contributed by atoms with van der Waals surface area (Å²) in [6, 6.07) is 6.45. The normalized spacial score (nSPS) is 20.8. The molecule has 0 bridgehead atoms. The molecule has 1 amide bonds. The standard InChI is InChI=1S/C25H31ClN6O3S/c1-16-9-11-30(14-16)23-12-17(2)24-27-21(15-32(24)28-23)22-6-4-5-10-31(22)25(33)19-13-18(26)7-8-20(19)29-36(3,34)35/h7-8,12-13,15-16,22,29H,4-6,9-11,14H2,1-3H3/t16-,22-/m0/s1. The van der Waals surface area contributed by atoms with Gasteiger partial charge in [-0.2, -0.15) is 0 Å². The number of carbonyl (C=O) groups is 1. The van der Waals surface area contributed by atoms with E-state index in [1.165, 1.54) is 12.1 Å². The molecule has 2 aromatic heterocycles. The van der Waals surface area contributed by atoms with Gasteiger partial charge in [0.2, 0.25) is 10.0 Å². The molecule has 0 unspecified atom stereocenters. The minimum atomic E-state index is -3.57. The Hall–Kier alpha value is -2.85. The fraction of sp³-hybridized carbons (Fsp3) is 0.480. The van der Waals surface area contributed by atoms with Crippen LogP contribution in [0.4, 0.5) is 11.5 Å². The quantitative estimate of drug-likeness (QED) is 0.528. The van der Waals surface area contributed by atoms with Crippen LogP contribution < -0.4 is 9.62 Å². The van der Waals surface area contributed by atoms with Gasteiger partial charge in [0.25, 0.3) is 5.91 Å². The van der Waals surface area contributed by atoms with Gasteiger partial charge in [-0.15, -0.1) is 5.10 Å². The van der Waals surface area contributed by atoms with Gasteiger partial charge in [-0.3, -0.25) is 9.52 Å². The number of imidazole rings is 1. The van der Waals surface area contributed by atoms with Gasteiger partial charge in [0, 0.05) is 24.7 Å². The summed E-state index contributed by atoms with van der Waals surface area (Å²) in [6.07, 6.45) is 6.74. The Morgan fingerprint density at radius 1 is 1.17 bits per heavy atom. The average molecular weight is 531 g/mol. The van der Waals surface area contributed by atoms with E-state index >= 15 is 0 Å². The summed E-state index contributed by atoms with van der Waals surface area (Å²) in [5, 5.41) is 5.21. The number of hydrogen-bond acceptors (Lipinski definition) is 6. The number of hydrogen-bond donors (Lipinski definition) is 1. The molecule has 4 heterocycles. The monoisotopic (exact) mass is 530 g/mol. The zero-order valence-corrected chi connectivity index (χ0v) is 22.3. The summed E-state index contributed by atoms with van der Waals surface area (Å²) in [7, 11) is -3.57. The van der Waals surface area contributed by atoms with E-state index in [9.17, 15) is 13.2 Å². The number of aromatic nitrogens is 3. The molecule has 2 fully saturated rings. The number of piperidine rings is 1. The maximum atomic E-state index is 13.8. The third-order valence-electron chi connectivity index (χ3n) is 6.98. The Bertz CT molecular complexity index is 1420. The van der Waals surface area contributed by atoms with Crippen LogP contribution in [0.2, 0.25) is 5.02 Å². The molecule has 5 rings (SSSR count). The molecule has 2 saturated heterocycles. The first-order chi connectivity index (χ1) is 17.1. The highest BCUT2D eigenvalue weighted by Crippen LogP contribution is 2.34. The van der Waals surface area contributed by atoms with Crippen LogP contribution in [0.25, 0.3) is 5.65 Å². The third-order valence-corrected chi connectivity index (χ3v) is 7.80. The van der Waals surface area contributed by atoms with Crippen molar-refractivity contribution in [1.29, 1.82) is 0 Å². The van der Waals surface area contributed by atoms with E-state index < -0.39 is 10.0 Å². The SMILES string of the molecule is Cc1cc(N2CC[C@H](C)C2)nn2cc([C@@H]3CCCCN3C(=O)c3cc(Cl)ccc3NS(C)(=O)=O)nc12.